The van der Waals surface area contributed by atoms with E-state index in [4.69, 9.17) is 4.74 Å². The molecule has 2 aliphatic rings. The molecule has 1 fully saturated rings. The van der Waals surface area contributed by atoms with Crippen molar-refractivity contribution >= 4 is 17.6 Å². The summed E-state index contributed by atoms with van der Waals surface area (Å²) >= 11 is 0. The topological polar surface area (TPSA) is 70.7 Å². The van der Waals surface area contributed by atoms with E-state index in [2.05, 4.69) is 10.6 Å². The van der Waals surface area contributed by atoms with Crippen LogP contribution in [0.25, 0.3) is 0 Å². The fourth-order valence-electron chi connectivity index (χ4n) is 3.61. The van der Waals surface area contributed by atoms with Crippen molar-refractivity contribution in [3.8, 4) is 5.75 Å². The lowest BCUT2D eigenvalue weighted by Gasteiger charge is -2.53. The monoisotopic (exact) mass is 337 g/mol. The molecule has 0 radical (unpaired) electrons. The van der Waals surface area contributed by atoms with E-state index in [1.807, 2.05) is 54.6 Å². The molecule has 2 bridgehead atoms. The van der Waals surface area contributed by atoms with Crippen LogP contribution >= 0.6 is 0 Å². The number of ether oxygens (including phenoxy) is 1. The zero-order valence-electron chi connectivity index (χ0n) is 14.0. The third kappa shape index (κ3) is 2.33. The molecule has 6 heteroatoms. The number of urea groups is 1. The Morgan fingerprint density at radius 3 is 2.60 bits per heavy atom. The summed E-state index contributed by atoms with van der Waals surface area (Å²) in [5, 5.41) is 5.88. The highest BCUT2D eigenvalue weighted by Gasteiger charge is 2.58. The first-order chi connectivity index (χ1) is 12.0. The van der Waals surface area contributed by atoms with Crippen molar-refractivity contribution in [2.75, 3.05) is 12.4 Å². The van der Waals surface area contributed by atoms with Crippen molar-refractivity contribution in [3.63, 3.8) is 0 Å². The lowest BCUT2D eigenvalue weighted by atomic mass is 9.79. The minimum absolute atomic E-state index is 0.194. The van der Waals surface area contributed by atoms with Gasteiger partial charge in [0.1, 0.15) is 11.7 Å². The predicted molar refractivity (Wildman–Crippen MR) is 93.1 cm³/mol. The average molecular weight is 337 g/mol. The van der Waals surface area contributed by atoms with Gasteiger partial charge >= 0.3 is 6.03 Å². The third-order valence-electron chi connectivity index (χ3n) is 5.05. The average Bonchev–Trinajstić information content (AvgIpc) is 2.60. The summed E-state index contributed by atoms with van der Waals surface area (Å²) in [6.45, 7) is 1.78. The van der Waals surface area contributed by atoms with Gasteiger partial charge in [-0.15, -0.1) is 0 Å². The number of hydrogen-bond donors (Lipinski definition) is 2. The highest BCUT2D eigenvalue weighted by atomic mass is 16.5. The molecule has 0 unspecified atom stereocenters. The number of carbonyl (C=O) groups excluding carboxylic acids is 2. The van der Waals surface area contributed by atoms with Crippen molar-refractivity contribution in [2.45, 2.75) is 18.7 Å². The lowest BCUT2D eigenvalue weighted by molar-refractivity contribution is -0.150. The Morgan fingerprint density at radius 1 is 1.16 bits per heavy atom. The number of benzene rings is 2. The van der Waals surface area contributed by atoms with Crippen LogP contribution < -0.4 is 15.4 Å². The van der Waals surface area contributed by atoms with Crippen LogP contribution in [-0.4, -0.2) is 29.6 Å². The first-order valence-electron chi connectivity index (χ1n) is 8.19. The number of carbonyl (C=O) groups is 2. The van der Waals surface area contributed by atoms with Crippen molar-refractivity contribution < 1.29 is 14.3 Å². The Balaban J connectivity index is 1.76. The van der Waals surface area contributed by atoms with E-state index in [9.17, 15) is 9.59 Å². The lowest BCUT2D eigenvalue weighted by Crippen LogP contribution is -2.70. The molecule has 3 atom stereocenters. The smallest absolute Gasteiger partial charge is 0.320 e. The van der Waals surface area contributed by atoms with E-state index in [1.54, 1.807) is 14.0 Å². The van der Waals surface area contributed by atoms with Crippen molar-refractivity contribution in [3.05, 3.63) is 60.2 Å². The van der Waals surface area contributed by atoms with Gasteiger partial charge in [-0.2, -0.15) is 0 Å². The highest BCUT2D eigenvalue weighted by molar-refractivity contribution is 5.96. The zero-order valence-corrected chi connectivity index (χ0v) is 14.0. The van der Waals surface area contributed by atoms with Gasteiger partial charge in [0.05, 0.1) is 6.04 Å². The molecule has 2 aromatic rings. The molecule has 1 saturated heterocycles. The quantitative estimate of drug-likeness (QED) is 0.885. The molecule has 128 valence electrons. The fraction of sp³-hybridized carbons (Fsp3) is 0.263. The van der Waals surface area contributed by atoms with Crippen LogP contribution in [-0.2, 0) is 4.79 Å². The second kappa shape index (κ2) is 5.51. The number of rotatable bonds is 2. The number of amides is 3. The molecule has 4 rings (SSSR count). The molecule has 2 heterocycles. The Labute approximate surface area is 145 Å². The van der Waals surface area contributed by atoms with Gasteiger partial charge in [0.2, 0.25) is 5.91 Å². The standard InChI is InChI=1S/C19H19N3O3/c1-19-15(17(23)20-12-8-4-3-5-9-12)16(21-18(24)22(19)2)13-10-6-7-11-14(13)25-19/h3-11,15-16H,1-2H3,(H,20,23)(H,21,24)/t15-,16+,19+/m0/s1. The molecule has 6 nitrogen and oxygen atoms in total. The summed E-state index contributed by atoms with van der Waals surface area (Å²) in [6, 6.07) is 16.1. The molecule has 2 aliphatic heterocycles. The number of nitrogens with one attached hydrogen (secondary N) is 2. The van der Waals surface area contributed by atoms with E-state index in [0.29, 0.717) is 11.4 Å². The Kier molecular flexibility index (Phi) is 3.42. The van der Waals surface area contributed by atoms with E-state index in [1.165, 1.54) is 4.90 Å². The van der Waals surface area contributed by atoms with Crippen LogP contribution in [0, 0.1) is 5.92 Å². The molecule has 0 spiro atoms. The molecular formula is C19H19N3O3. The van der Waals surface area contributed by atoms with Crippen molar-refractivity contribution in [1.29, 1.82) is 0 Å². The van der Waals surface area contributed by atoms with Crippen LogP contribution in [0.4, 0.5) is 10.5 Å². The zero-order chi connectivity index (χ0) is 17.6. The summed E-state index contributed by atoms with van der Waals surface area (Å²) < 4.78 is 6.15. The molecular weight excluding hydrogens is 318 g/mol. The minimum atomic E-state index is -1.07. The highest BCUT2D eigenvalue weighted by Crippen LogP contribution is 2.47. The molecule has 0 saturated carbocycles. The molecule has 2 aromatic carbocycles. The normalized spacial score (nSPS) is 27.0. The van der Waals surface area contributed by atoms with Gasteiger partial charge in [-0.1, -0.05) is 36.4 Å². The Bertz CT molecular complexity index is 839. The van der Waals surface area contributed by atoms with Crippen LogP contribution in [0.3, 0.4) is 0 Å². The Morgan fingerprint density at radius 2 is 1.84 bits per heavy atom. The first kappa shape index (κ1) is 15.5. The maximum Gasteiger partial charge on any atom is 0.320 e. The van der Waals surface area contributed by atoms with Gasteiger partial charge in [0.15, 0.2) is 5.72 Å². The van der Waals surface area contributed by atoms with Gasteiger partial charge < -0.3 is 15.4 Å². The summed E-state index contributed by atoms with van der Waals surface area (Å²) in [5.74, 6) is -0.101. The number of anilines is 1. The third-order valence-corrected chi connectivity index (χ3v) is 5.05. The summed E-state index contributed by atoms with van der Waals surface area (Å²) in [5.41, 5.74) is 0.455. The second-order valence-electron chi connectivity index (χ2n) is 6.51. The van der Waals surface area contributed by atoms with Gasteiger partial charge in [0, 0.05) is 18.3 Å². The van der Waals surface area contributed by atoms with Gasteiger partial charge in [-0.05, 0) is 25.1 Å². The summed E-state index contributed by atoms with van der Waals surface area (Å²) in [4.78, 5) is 26.9. The van der Waals surface area contributed by atoms with Gasteiger partial charge in [0.25, 0.3) is 0 Å². The molecule has 0 aromatic heterocycles. The largest absolute Gasteiger partial charge is 0.467 e. The summed E-state index contributed by atoms with van der Waals surface area (Å²) in [6.07, 6.45) is 0. The first-order valence-corrected chi connectivity index (χ1v) is 8.19. The Hall–Kier alpha value is -3.02. The van der Waals surface area contributed by atoms with E-state index in [-0.39, 0.29) is 11.9 Å². The number of nitrogens with zero attached hydrogens (tertiary/aromatic N) is 1. The fourth-order valence-corrected chi connectivity index (χ4v) is 3.61. The maximum atomic E-state index is 13.1. The SMILES string of the molecule is CN1C(=O)N[C@@H]2c3ccccc3O[C@]1(C)[C@@H]2C(=O)Nc1ccccc1. The second-order valence-corrected chi connectivity index (χ2v) is 6.51. The minimum Gasteiger partial charge on any atom is -0.467 e. The van der Waals surface area contributed by atoms with Crippen molar-refractivity contribution in [1.82, 2.24) is 10.2 Å². The van der Waals surface area contributed by atoms with Crippen LogP contribution in [0.2, 0.25) is 0 Å². The number of para-hydroxylation sites is 2. The van der Waals surface area contributed by atoms with Crippen LogP contribution in [0.1, 0.15) is 18.5 Å². The number of fused-ring (bicyclic) bond motifs is 4. The van der Waals surface area contributed by atoms with E-state index < -0.39 is 17.7 Å². The van der Waals surface area contributed by atoms with Crippen LogP contribution in [0.15, 0.2) is 54.6 Å². The predicted octanol–water partition coefficient (Wildman–Crippen LogP) is 2.75. The maximum absolute atomic E-state index is 13.1. The summed E-state index contributed by atoms with van der Waals surface area (Å²) in [7, 11) is 1.64. The molecule has 0 aliphatic carbocycles. The van der Waals surface area contributed by atoms with Gasteiger partial charge in [-0.25, -0.2) is 4.79 Å². The van der Waals surface area contributed by atoms with E-state index in [0.717, 1.165) is 5.56 Å². The van der Waals surface area contributed by atoms with Gasteiger partial charge in [-0.3, -0.25) is 9.69 Å². The number of hydrogen-bond acceptors (Lipinski definition) is 3. The molecule has 3 amide bonds. The van der Waals surface area contributed by atoms with E-state index >= 15 is 0 Å². The van der Waals surface area contributed by atoms with Crippen LogP contribution in [0.5, 0.6) is 5.75 Å². The molecule has 2 N–H and O–H groups in total. The van der Waals surface area contributed by atoms with Crippen molar-refractivity contribution in [2.24, 2.45) is 5.92 Å². The molecule has 25 heavy (non-hydrogen) atoms.